The lowest BCUT2D eigenvalue weighted by Crippen LogP contribution is -2.34. The van der Waals surface area contributed by atoms with Crippen molar-refractivity contribution in [1.29, 1.82) is 0 Å². The molecule has 0 heterocycles. The van der Waals surface area contributed by atoms with Crippen molar-refractivity contribution in [3.05, 3.63) is 59.7 Å². The SMILES string of the molecule is CCN(C(=O)Nc1ccc(C)cc1C)c1ccccc1. The highest BCUT2D eigenvalue weighted by molar-refractivity contribution is 6.02. The monoisotopic (exact) mass is 268 g/mol. The highest BCUT2D eigenvalue weighted by Crippen LogP contribution is 2.19. The zero-order valence-corrected chi connectivity index (χ0v) is 12.2. The molecule has 2 aromatic carbocycles. The summed E-state index contributed by atoms with van der Waals surface area (Å²) in [6.45, 7) is 6.64. The highest BCUT2D eigenvalue weighted by Gasteiger charge is 2.14. The molecule has 1 N–H and O–H groups in total. The summed E-state index contributed by atoms with van der Waals surface area (Å²) in [5.41, 5.74) is 4.02. The van der Waals surface area contributed by atoms with Gasteiger partial charge < -0.3 is 5.32 Å². The van der Waals surface area contributed by atoms with Crippen LogP contribution in [0.3, 0.4) is 0 Å². The highest BCUT2D eigenvalue weighted by atomic mass is 16.2. The molecule has 3 heteroatoms. The molecule has 0 bridgehead atoms. The molecule has 20 heavy (non-hydrogen) atoms. The molecule has 0 aliphatic rings. The van der Waals surface area contributed by atoms with Crippen LogP contribution in [0.15, 0.2) is 48.5 Å². The fraction of sp³-hybridized carbons (Fsp3) is 0.235. The Morgan fingerprint density at radius 2 is 1.80 bits per heavy atom. The van der Waals surface area contributed by atoms with Crippen LogP contribution in [0.1, 0.15) is 18.1 Å². The molecule has 0 radical (unpaired) electrons. The lowest BCUT2D eigenvalue weighted by molar-refractivity contribution is 0.257. The van der Waals surface area contributed by atoms with Gasteiger partial charge in [0, 0.05) is 17.9 Å². The summed E-state index contributed by atoms with van der Waals surface area (Å²) in [4.78, 5) is 14.1. The Hall–Kier alpha value is -2.29. The third-order valence-electron chi connectivity index (χ3n) is 3.25. The Morgan fingerprint density at radius 1 is 1.10 bits per heavy atom. The average Bonchev–Trinajstić information content (AvgIpc) is 2.44. The summed E-state index contributed by atoms with van der Waals surface area (Å²) in [5, 5.41) is 2.97. The minimum absolute atomic E-state index is 0.106. The molecule has 2 amide bonds. The van der Waals surface area contributed by atoms with Crippen LogP contribution in [-0.4, -0.2) is 12.6 Å². The Kier molecular flexibility index (Phi) is 4.41. The molecule has 0 aliphatic carbocycles. The third kappa shape index (κ3) is 3.18. The van der Waals surface area contributed by atoms with E-state index in [0.717, 1.165) is 16.9 Å². The molecule has 0 saturated carbocycles. The lowest BCUT2D eigenvalue weighted by atomic mass is 10.1. The smallest absolute Gasteiger partial charge is 0.307 e. The second-order valence-electron chi connectivity index (χ2n) is 4.83. The van der Waals surface area contributed by atoms with Crippen molar-refractivity contribution in [1.82, 2.24) is 0 Å². The molecule has 104 valence electrons. The molecule has 0 atom stereocenters. The van der Waals surface area contributed by atoms with Crippen molar-refractivity contribution >= 4 is 17.4 Å². The molecule has 2 aromatic rings. The lowest BCUT2D eigenvalue weighted by Gasteiger charge is -2.22. The zero-order chi connectivity index (χ0) is 14.5. The van der Waals surface area contributed by atoms with E-state index in [1.54, 1.807) is 4.90 Å². The first-order valence-electron chi connectivity index (χ1n) is 6.82. The minimum atomic E-state index is -0.106. The van der Waals surface area contributed by atoms with E-state index in [1.165, 1.54) is 5.56 Å². The number of benzene rings is 2. The first-order chi connectivity index (χ1) is 9.61. The minimum Gasteiger partial charge on any atom is -0.307 e. The van der Waals surface area contributed by atoms with Crippen LogP contribution in [0, 0.1) is 13.8 Å². The quantitative estimate of drug-likeness (QED) is 0.881. The van der Waals surface area contributed by atoms with Crippen LogP contribution in [0.2, 0.25) is 0 Å². The standard InChI is InChI=1S/C17H20N2O/c1-4-19(15-8-6-5-7-9-15)17(20)18-16-11-10-13(2)12-14(16)3/h5-12H,4H2,1-3H3,(H,18,20). The third-order valence-corrected chi connectivity index (χ3v) is 3.25. The van der Waals surface area contributed by atoms with Crippen molar-refractivity contribution in [2.24, 2.45) is 0 Å². The van der Waals surface area contributed by atoms with Crippen molar-refractivity contribution in [2.75, 3.05) is 16.8 Å². The number of anilines is 2. The molecule has 0 fully saturated rings. The average molecular weight is 268 g/mol. The summed E-state index contributed by atoms with van der Waals surface area (Å²) in [6, 6.07) is 15.6. The maximum Gasteiger partial charge on any atom is 0.326 e. The van der Waals surface area contributed by atoms with E-state index in [9.17, 15) is 4.79 Å². The Bertz CT molecular complexity index is 593. The summed E-state index contributed by atoms with van der Waals surface area (Å²) in [6.07, 6.45) is 0. The molecule has 0 unspecified atom stereocenters. The van der Waals surface area contributed by atoms with Crippen LogP contribution in [0.4, 0.5) is 16.2 Å². The van der Waals surface area contributed by atoms with Gasteiger partial charge in [-0.2, -0.15) is 0 Å². The van der Waals surface area contributed by atoms with Crippen molar-refractivity contribution < 1.29 is 4.79 Å². The summed E-state index contributed by atoms with van der Waals surface area (Å²) in [7, 11) is 0. The van der Waals surface area contributed by atoms with Crippen molar-refractivity contribution in [3.63, 3.8) is 0 Å². The molecule has 2 rings (SSSR count). The van der Waals surface area contributed by atoms with Gasteiger partial charge in [-0.3, -0.25) is 4.90 Å². The second kappa shape index (κ2) is 6.24. The first kappa shape index (κ1) is 14.1. The molecule has 0 aliphatic heterocycles. The first-order valence-corrected chi connectivity index (χ1v) is 6.82. The topological polar surface area (TPSA) is 32.3 Å². The Labute approximate surface area is 120 Å². The number of aryl methyl sites for hydroxylation is 2. The van der Waals surface area contributed by atoms with Crippen LogP contribution in [0.25, 0.3) is 0 Å². The van der Waals surface area contributed by atoms with Crippen molar-refractivity contribution in [2.45, 2.75) is 20.8 Å². The van der Waals surface area contributed by atoms with E-state index < -0.39 is 0 Å². The number of rotatable bonds is 3. The Morgan fingerprint density at radius 3 is 2.40 bits per heavy atom. The molecular formula is C17H20N2O. The number of carbonyl (C=O) groups excluding carboxylic acids is 1. The number of para-hydroxylation sites is 1. The predicted molar refractivity (Wildman–Crippen MR) is 84.4 cm³/mol. The van der Waals surface area contributed by atoms with Crippen LogP contribution >= 0.6 is 0 Å². The van der Waals surface area contributed by atoms with Crippen LogP contribution in [0.5, 0.6) is 0 Å². The molecular weight excluding hydrogens is 248 g/mol. The van der Waals surface area contributed by atoms with Crippen LogP contribution < -0.4 is 10.2 Å². The number of amides is 2. The fourth-order valence-electron chi connectivity index (χ4n) is 2.19. The fourth-order valence-corrected chi connectivity index (χ4v) is 2.19. The van der Waals surface area contributed by atoms with Gasteiger partial charge in [0.2, 0.25) is 0 Å². The number of hydrogen-bond donors (Lipinski definition) is 1. The van der Waals surface area contributed by atoms with E-state index >= 15 is 0 Å². The van der Waals surface area contributed by atoms with Gasteiger partial charge in [0.15, 0.2) is 0 Å². The van der Waals surface area contributed by atoms with E-state index in [1.807, 2.05) is 63.2 Å². The Balaban J connectivity index is 2.18. The normalized spacial score (nSPS) is 10.2. The van der Waals surface area contributed by atoms with Gasteiger partial charge in [-0.25, -0.2) is 4.79 Å². The molecule has 3 nitrogen and oxygen atoms in total. The summed E-state index contributed by atoms with van der Waals surface area (Å²) >= 11 is 0. The number of hydrogen-bond acceptors (Lipinski definition) is 1. The van der Waals surface area contributed by atoms with Gasteiger partial charge in [-0.05, 0) is 44.5 Å². The molecule has 0 spiro atoms. The van der Waals surface area contributed by atoms with E-state index in [2.05, 4.69) is 11.4 Å². The maximum absolute atomic E-state index is 12.4. The van der Waals surface area contributed by atoms with Gasteiger partial charge in [0.05, 0.1) is 0 Å². The summed E-state index contributed by atoms with van der Waals surface area (Å²) < 4.78 is 0. The zero-order valence-electron chi connectivity index (χ0n) is 12.2. The second-order valence-corrected chi connectivity index (χ2v) is 4.83. The maximum atomic E-state index is 12.4. The number of carbonyl (C=O) groups is 1. The number of urea groups is 1. The van der Waals surface area contributed by atoms with Gasteiger partial charge >= 0.3 is 6.03 Å². The van der Waals surface area contributed by atoms with E-state index in [-0.39, 0.29) is 6.03 Å². The van der Waals surface area contributed by atoms with E-state index in [0.29, 0.717) is 6.54 Å². The summed E-state index contributed by atoms with van der Waals surface area (Å²) in [5.74, 6) is 0. The van der Waals surface area contributed by atoms with E-state index in [4.69, 9.17) is 0 Å². The van der Waals surface area contributed by atoms with Gasteiger partial charge in [0.25, 0.3) is 0 Å². The molecule has 0 saturated heterocycles. The van der Waals surface area contributed by atoms with Gasteiger partial charge in [-0.15, -0.1) is 0 Å². The van der Waals surface area contributed by atoms with Gasteiger partial charge in [0.1, 0.15) is 0 Å². The number of nitrogens with one attached hydrogen (secondary N) is 1. The molecule has 0 aromatic heterocycles. The van der Waals surface area contributed by atoms with Gasteiger partial charge in [-0.1, -0.05) is 35.9 Å². The van der Waals surface area contributed by atoms with Crippen molar-refractivity contribution in [3.8, 4) is 0 Å². The predicted octanol–water partition coefficient (Wildman–Crippen LogP) is 4.36. The van der Waals surface area contributed by atoms with Crippen LogP contribution in [-0.2, 0) is 0 Å². The number of nitrogens with zero attached hydrogens (tertiary/aromatic N) is 1. The largest absolute Gasteiger partial charge is 0.326 e.